The molecule has 0 saturated heterocycles. The number of rotatable bonds is 4. The number of furan rings is 2. The van der Waals surface area contributed by atoms with E-state index in [1.165, 1.54) is 21.9 Å². The zero-order valence-corrected chi connectivity index (χ0v) is 21.6. The van der Waals surface area contributed by atoms with Crippen LogP contribution in [0.15, 0.2) is 87.8 Å². The Morgan fingerprint density at radius 2 is 1.53 bits per heavy atom. The third kappa shape index (κ3) is 3.99. The quantitative estimate of drug-likeness (QED) is 0.256. The van der Waals surface area contributed by atoms with Crippen LogP contribution in [0.3, 0.4) is 0 Å². The van der Waals surface area contributed by atoms with Crippen molar-refractivity contribution < 1.29 is 8.83 Å². The van der Waals surface area contributed by atoms with Gasteiger partial charge in [0.1, 0.15) is 11.2 Å². The van der Waals surface area contributed by atoms with Crippen molar-refractivity contribution in [1.29, 1.82) is 0 Å². The van der Waals surface area contributed by atoms with Gasteiger partial charge >= 0.3 is 0 Å². The van der Waals surface area contributed by atoms with Crippen LogP contribution < -0.4 is 0 Å². The van der Waals surface area contributed by atoms with E-state index in [1.807, 2.05) is 12.3 Å². The van der Waals surface area contributed by atoms with Crippen LogP contribution in [0.25, 0.3) is 55.5 Å². The molecular weight excluding hydrogens is 442 g/mol. The highest BCUT2D eigenvalue weighted by molar-refractivity contribution is 5.98. The van der Waals surface area contributed by atoms with Crippen molar-refractivity contribution in [2.45, 2.75) is 46.5 Å². The highest BCUT2D eigenvalue weighted by Gasteiger charge is 2.21. The van der Waals surface area contributed by atoms with E-state index >= 15 is 0 Å². The lowest BCUT2D eigenvalue weighted by Gasteiger charge is -2.22. The normalized spacial score (nSPS) is 12.4. The Morgan fingerprint density at radius 3 is 2.33 bits per heavy atom. The maximum absolute atomic E-state index is 6.29. The van der Waals surface area contributed by atoms with Gasteiger partial charge in [0.2, 0.25) is 0 Å². The minimum absolute atomic E-state index is 0.00770. The Bertz CT molecular complexity index is 1730. The predicted molar refractivity (Wildman–Crippen MR) is 149 cm³/mol. The van der Waals surface area contributed by atoms with Crippen molar-refractivity contribution in [3.8, 4) is 22.8 Å². The molecule has 0 aliphatic heterocycles. The Morgan fingerprint density at radius 1 is 0.750 bits per heavy atom. The largest absolute Gasteiger partial charge is 0.453 e. The summed E-state index contributed by atoms with van der Waals surface area (Å²) in [5.41, 5.74) is 6.34. The summed E-state index contributed by atoms with van der Waals surface area (Å²) >= 11 is 0. The first-order chi connectivity index (χ1) is 17.3. The van der Waals surface area contributed by atoms with Gasteiger partial charge in [-0.1, -0.05) is 71.0 Å². The molecule has 0 aliphatic carbocycles. The molecule has 0 N–H and O–H groups in total. The van der Waals surface area contributed by atoms with E-state index in [0.29, 0.717) is 5.92 Å². The van der Waals surface area contributed by atoms with E-state index in [-0.39, 0.29) is 5.41 Å². The van der Waals surface area contributed by atoms with Gasteiger partial charge in [0.25, 0.3) is 0 Å². The fourth-order valence-corrected chi connectivity index (χ4v) is 5.18. The molecule has 0 bridgehead atoms. The molecule has 3 heteroatoms. The lowest BCUT2D eigenvalue weighted by molar-refractivity contribution is 0.568. The van der Waals surface area contributed by atoms with Crippen molar-refractivity contribution in [3.63, 3.8) is 0 Å². The van der Waals surface area contributed by atoms with E-state index < -0.39 is 0 Å². The molecule has 6 aromatic rings. The van der Waals surface area contributed by atoms with Gasteiger partial charge in [-0.25, -0.2) is 0 Å². The molecule has 180 valence electrons. The Kier molecular flexibility index (Phi) is 5.26. The first-order valence-corrected chi connectivity index (χ1v) is 12.7. The predicted octanol–water partition coefficient (Wildman–Crippen LogP) is 9.56. The van der Waals surface area contributed by atoms with Crippen LogP contribution in [0.4, 0.5) is 0 Å². The van der Waals surface area contributed by atoms with E-state index in [4.69, 9.17) is 13.8 Å². The van der Waals surface area contributed by atoms with Crippen LogP contribution in [-0.2, 0) is 11.8 Å². The summed E-state index contributed by atoms with van der Waals surface area (Å²) in [6.45, 7) is 11.2. The van der Waals surface area contributed by atoms with Gasteiger partial charge < -0.3 is 8.83 Å². The zero-order chi connectivity index (χ0) is 25.0. The van der Waals surface area contributed by atoms with Gasteiger partial charge in [-0.2, -0.15) is 0 Å². The minimum atomic E-state index is 0.00770. The highest BCUT2D eigenvalue weighted by Crippen LogP contribution is 2.39. The van der Waals surface area contributed by atoms with Crippen LogP contribution in [0.1, 0.15) is 45.7 Å². The molecule has 0 aliphatic rings. The molecule has 0 spiro atoms. The monoisotopic (exact) mass is 473 g/mol. The number of nitrogens with zero attached hydrogens (tertiary/aromatic N) is 1. The lowest BCUT2D eigenvalue weighted by atomic mass is 9.82. The molecule has 0 radical (unpaired) electrons. The second-order valence-electron chi connectivity index (χ2n) is 11.3. The van der Waals surface area contributed by atoms with Crippen molar-refractivity contribution in [2.75, 3.05) is 0 Å². The Balaban J connectivity index is 1.48. The smallest absolute Gasteiger partial charge is 0.170 e. The number of hydrogen-bond acceptors (Lipinski definition) is 3. The van der Waals surface area contributed by atoms with Crippen LogP contribution in [-0.4, -0.2) is 4.98 Å². The van der Waals surface area contributed by atoms with Crippen molar-refractivity contribution in [2.24, 2.45) is 5.92 Å². The summed E-state index contributed by atoms with van der Waals surface area (Å²) < 4.78 is 12.6. The molecule has 0 atom stereocenters. The molecule has 0 saturated carbocycles. The van der Waals surface area contributed by atoms with Crippen LogP contribution >= 0.6 is 0 Å². The summed E-state index contributed by atoms with van der Waals surface area (Å²) in [7, 11) is 0. The summed E-state index contributed by atoms with van der Waals surface area (Å²) in [5, 5.41) is 4.58. The Hall–Kier alpha value is -3.85. The van der Waals surface area contributed by atoms with Crippen LogP contribution in [0.2, 0.25) is 0 Å². The molecule has 3 aromatic carbocycles. The van der Waals surface area contributed by atoms with Crippen molar-refractivity contribution in [1.82, 2.24) is 4.98 Å². The maximum Gasteiger partial charge on any atom is 0.170 e. The first-order valence-electron chi connectivity index (χ1n) is 12.7. The number of aromatic nitrogens is 1. The molecule has 6 rings (SSSR count). The lowest BCUT2D eigenvalue weighted by Crippen LogP contribution is -2.12. The second kappa shape index (κ2) is 8.37. The van der Waals surface area contributed by atoms with E-state index in [9.17, 15) is 0 Å². The van der Waals surface area contributed by atoms with Gasteiger partial charge in [-0.05, 0) is 76.1 Å². The third-order valence-electron chi connectivity index (χ3n) is 6.86. The number of hydrogen-bond donors (Lipinski definition) is 0. The van der Waals surface area contributed by atoms with Gasteiger partial charge in [-0.15, -0.1) is 0 Å². The van der Waals surface area contributed by atoms with Gasteiger partial charge in [0.05, 0.1) is 5.69 Å². The van der Waals surface area contributed by atoms with Gasteiger partial charge in [0.15, 0.2) is 11.5 Å². The maximum atomic E-state index is 6.29. The average molecular weight is 474 g/mol. The third-order valence-corrected chi connectivity index (χ3v) is 6.86. The SMILES string of the molecule is CC(C)Cc1ccc2cc(-c3cc4c(-c5cc(C(C)(C)C)c6ccccc6c5)nccc4o3)oc2c1. The first kappa shape index (κ1) is 22.6. The summed E-state index contributed by atoms with van der Waals surface area (Å²) in [5.74, 6) is 2.06. The number of pyridine rings is 1. The minimum Gasteiger partial charge on any atom is -0.453 e. The summed E-state index contributed by atoms with van der Waals surface area (Å²) in [6.07, 6.45) is 2.86. The summed E-state index contributed by atoms with van der Waals surface area (Å²) in [6, 6.07) is 25.6. The van der Waals surface area contributed by atoms with E-state index in [2.05, 4.69) is 101 Å². The van der Waals surface area contributed by atoms with Crippen molar-refractivity contribution in [3.05, 3.63) is 90.1 Å². The van der Waals surface area contributed by atoms with Crippen LogP contribution in [0, 0.1) is 5.92 Å². The van der Waals surface area contributed by atoms with Gasteiger partial charge in [0, 0.05) is 22.5 Å². The molecule has 0 unspecified atom stereocenters. The molecule has 3 aromatic heterocycles. The molecule has 3 nitrogen and oxygen atoms in total. The average Bonchev–Trinajstić information content (AvgIpc) is 3.46. The molecular formula is C33H31NO2. The van der Waals surface area contributed by atoms with E-state index in [1.54, 1.807) is 0 Å². The molecule has 3 heterocycles. The molecule has 36 heavy (non-hydrogen) atoms. The van der Waals surface area contributed by atoms with E-state index in [0.717, 1.165) is 51.1 Å². The molecule has 0 amide bonds. The number of benzene rings is 3. The fourth-order valence-electron chi connectivity index (χ4n) is 5.18. The highest BCUT2D eigenvalue weighted by atomic mass is 16.4. The zero-order valence-electron chi connectivity index (χ0n) is 21.6. The Labute approximate surface area is 211 Å². The molecule has 0 fully saturated rings. The standard InChI is InChI=1S/C33H31NO2/c1-20(2)14-21-10-11-23-18-30(36-29(23)15-21)31-19-26-28(35-31)12-13-34-32(26)24-16-22-8-6-7-9-25(22)27(17-24)33(3,4)5/h6-13,15-20H,14H2,1-5H3. The second-order valence-corrected chi connectivity index (χ2v) is 11.3. The van der Waals surface area contributed by atoms with Gasteiger partial charge in [-0.3, -0.25) is 4.98 Å². The topological polar surface area (TPSA) is 39.2 Å². The fraction of sp³-hybridized carbons (Fsp3) is 0.242. The number of fused-ring (bicyclic) bond motifs is 3. The van der Waals surface area contributed by atoms with Crippen molar-refractivity contribution >= 4 is 32.7 Å². The summed E-state index contributed by atoms with van der Waals surface area (Å²) in [4.78, 5) is 4.81. The van der Waals surface area contributed by atoms with Crippen LogP contribution in [0.5, 0.6) is 0 Å².